The van der Waals surface area contributed by atoms with Gasteiger partial charge in [0.15, 0.2) is 0 Å². The number of rotatable bonds is 5. The molecule has 0 fully saturated rings. The summed E-state index contributed by atoms with van der Waals surface area (Å²) in [6.07, 6.45) is 0. The third-order valence-electron chi connectivity index (χ3n) is 2.87. The number of nitrogens with two attached hydrogens (primary N) is 1. The van der Waals surface area contributed by atoms with Gasteiger partial charge in [0.25, 0.3) is 11.6 Å². The molecule has 9 heteroatoms. The number of thiazole rings is 1. The van der Waals surface area contributed by atoms with Crippen LogP contribution in [0.3, 0.4) is 0 Å². The third kappa shape index (κ3) is 3.33. The summed E-state index contributed by atoms with van der Waals surface area (Å²) in [6.45, 7) is 2.15. The van der Waals surface area contributed by atoms with Gasteiger partial charge in [-0.15, -0.1) is 11.3 Å². The molecule has 0 radical (unpaired) electrons. The molecular weight excluding hydrogens is 294 g/mol. The lowest BCUT2D eigenvalue weighted by Gasteiger charge is -2.09. The Labute approximate surface area is 124 Å². The Balaban J connectivity index is 2.19. The number of nitrogens with zero attached hydrogens (tertiary/aromatic N) is 2. The van der Waals surface area contributed by atoms with E-state index in [9.17, 15) is 14.9 Å². The fourth-order valence-electron chi connectivity index (χ4n) is 1.71. The molecule has 2 aromatic rings. The highest BCUT2D eigenvalue weighted by atomic mass is 32.1. The van der Waals surface area contributed by atoms with Gasteiger partial charge in [-0.25, -0.2) is 4.98 Å². The van der Waals surface area contributed by atoms with Gasteiger partial charge in [-0.2, -0.15) is 0 Å². The lowest BCUT2D eigenvalue weighted by atomic mass is 10.1. The van der Waals surface area contributed by atoms with Gasteiger partial charge in [-0.05, 0) is 13.0 Å². The number of hydrogen-bond acceptors (Lipinski definition) is 7. The van der Waals surface area contributed by atoms with Crippen LogP contribution in [0, 0.1) is 17.0 Å². The van der Waals surface area contributed by atoms with Crippen molar-refractivity contribution in [3.05, 3.63) is 50.0 Å². The summed E-state index contributed by atoms with van der Waals surface area (Å²) >= 11 is 1.43. The number of carbonyl (C=O) groups excluding carboxylic acids is 1. The molecule has 0 atom stereocenters. The average molecular weight is 307 g/mol. The maximum absolute atomic E-state index is 12.2. The molecular formula is C12H13N5O3S. The highest BCUT2D eigenvalue weighted by Crippen LogP contribution is 2.21. The largest absolute Gasteiger partial charge is 0.347 e. The van der Waals surface area contributed by atoms with Gasteiger partial charge in [-0.3, -0.25) is 20.8 Å². The van der Waals surface area contributed by atoms with Crippen LogP contribution in [0.5, 0.6) is 0 Å². The van der Waals surface area contributed by atoms with Gasteiger partial charge >= 0.3 is 0 Å². The zero-order chi connectivity index (χ0) is 15.4. The number of amides is 1. The molecule has 0 unspecified atom stereocenters. The van der Waals surface area contributed by atoms with E-state index in [1.54, 1.807) is 5.51 Å². The van der Waals surface area contributed by atoms with Crippen LogP contribution in [-0.2, 0) is 6.54 Å². The third-order valence-corrected chi connectivity index (χ3v) is 3.80. The van der Waals surface area contributed by atoms with Gasteiger partial charge in [-0.1, -0.05) is 0 Å². The van der Waals surface area contributed by atoms with Crippen molar-refractivity contribution in [1.29, 1.82) is 0 Å². The molecule has 0 aliphatic rings. The van der Waals surface area contributed by atoms with Gasteiger partial charge < -0.3 is 10.7 Å². The SMILES string of the molecule is Cc1ncsc1CNC(=O)c1cc([N+](=O)[O-])ccc1NN. The molecule has 1 aromatic heterocycles. The monoisotopic (exact) mass is 307 g/mol. The van der Waals surface area contributed by atoms with Crippen LogP contribution in [0.25, 0.3) is 0 Å². The number of hydrazine groups is 1. The Bertz CT molecular complexity index is 685. The fourth-order valence-corrected chi connectivity index (χ4v) is 2.43. The summed E-state index contributed by atoms with van der Waals surface area (Å²) in [7, 11) is 0. The first-order valence-corrected chi connectivity index (χ1v) is 6.83. The number of nitrogen functional groups attached to an aromatic ring is 1. The highest BCUT2D eigenvalue weighted by molar-refractivity contribution is 7.09. The highest BCUT2D eigenvalue weighted by Gasteiger charge is 2.16. The minimum atomic E-state index is -0.565. The summed E-state index contributed by atoms with van der Waals surface area (Å²) in [4.78, 5) is 27.4. The van der Waals surface area contributed by atoms with Crippen molar-refractivity contribution < 1.29 is 9.72 Å². The molecule has 21 heavy (non-hydrogen) atoms. The number of nitrogens with one attached hydrogen (secondary N) is 2. The van der Waals surface area contributed by atoms with E-state index < -0.39 is 10.8 Å². The molecule has 0 saturated heterocycles. The van der Waals surface area contributed by atoms with Gasteiger partial charge in [0.1, 0.15) is 0 Å². The Morgan fingerprint density at radius 3 is 2.86 bits per heavy atom. The van der Waals surface area contributed by atoms with Gasteiger partial charge in [0.05, 0.1) is 33.9 Å². The first-order valence-electron chi connectivity index (χ1n) is 5.95. The molecule has 4 N–H and O–H groups in total. The summed E-state index contributed by atoms with van der Waals surface area (Å²) < 4.78 is 0. The van der Waals surface area contributed by atoms with Crippen molar-refractivity contribution in [2.75, 3.05) is 5.43 Å². The molecule has 0 spiro atoms. The molecule has 1 aromatic carbocycles. The van der Waals surface area contributed by atoms with Crippen LogP contribution in [0.1, 0.15) is 20.9 Å². The van der Waals surface area contributed by atoms with E-state index in [4.69, 9.17) is 5.84 Å². The Morgan fingerprint density at radius 1 is 1.52 bits per heavy atom. The Hall–Kier alpha value is -2.52. The van der Waals surface area contributed by atoms with Crippen molar-refractivity contribution in [3.8, 4) is 0 Å². The molecule has 0 aliphatic heterocycles. The Kier molecular flexibility index (Phi) is 4.45. The summed E-state index contributed by atoms with van der Waals surface area (Å²) in [5, 5.41) is 13.5. The van der Waals surface area contributed by atoms with E-state index in [2.05, 4.69) is 15.7 Å². The van der Waals surface area contributed by atoms with Crippen LogP contribution in [0.4, 0.5) is 11.4 Å². The number of aromatic nitrogens is 1. The average Bonchev–Trinajstić information content (AvgIpc) is 2.89. The number of benzene rings is 1. The molecule has 0 bridgehead atoms. The number of nitro groups is 1. The van der Waals surface area contributed by atoms with Crippen molar-refractivity contribution in [2.45, 2.75) is 13.5 Å². The van der Waals surface area contributed by atoms with E-state index in [0.717, 1.165) is 10.6 Å². The van der Waals surface area contributed by atoms with Crippen LogP contribution in [-0.4, -0.2) is 15.8 Å². The lowest BCUT2D eigenvalue weighted by Crippen LogP contribution is -2.24. The van der Waals surface area contributed by atoms with Crippen molar-refractivity contribution in [2.24, 2.45) is 5.84 Å². The standard InChI is InChI=1S/C12H13N5O3S/c1-7-11(21-6-15-7)5-14-12(18)9-4-8(17(19)20)2-3-10(9)16-13/h2-4,6,16H,5,13H2,1H3,(H,14,18). The first-order chi connectivity index (χ1) is 10.0. The maximum atomic E-state index is 12.2. The van der Waals surface area contributed by atoms with Crippen LogP contribution >= 0.6 is 11.3 Å². The van der Waals surface area contributed by atoms with Crippen molar-refractivity contribution >= 4 is 28.6 Å². The molecule has 2 rings (SSSR count). The fraction of sp³-hybridized carbons (Fsp3) is 0.167. The normalized spacial score (nSPS) is 10.2. The second kappa shape index (κ2) is 6.29. The predicted molar refractivity (Wildman–Crippen MR) is 78.9 cm³/mol. The number of anilines is 1. The van der Waals surface area contributed by atoms with Crippen molar-refractivity contribution in [1.82, 2.24) is 10.3 Å². The number of aryl methyl sites for hydroxylation is 1. The lowest BCUT2D eigenvalue weighted by molar-refractivity contribution is -0.384. The zero-order valence-electron chi connectivity index (χ0n) is 11.1. The zero-order valence-corrected chi connectivity index (χ0v) is 11.9. The number of hydrogen-bond donors (Lipinski definition) is 3. The van der Waals surface area contributed by atoms with E-state index in [0.29, 0.717) is 12.2 Å². The van der Waals surface area contributed by atoms with E-state index >= 15 is 0 Å². The number of carbonyl (C=O) groups is 1. The Morgan fingerprint density at radius 2 is 2.29 bits per heavy atom. The molecule has 1 heterocycles. The second-order valence-electron chi connectivity index (χ2n) is 4.17. The summed E-state index contributed by atoms with van der Waals surface area (Å²) in [5.41, 5.74) is 5.15. The van der Waals surface area contributed by atoms with Crippen LogP contribution in [0.2, 0.25) is 0 Å². The van der Waals surface area contributed by atoms with E-state index in [1.807, 2.05) is 6.92 Å². The second-order valence-corrected chi connectivity index (χ2v) is 5.11. The molecule has 110 valence electrons. The van der Waals surface area contributed by atoms with E-state index in [1.165, 1.54) is 29.5 Å². The van der Waals surface area contributed by atoms with Crippen LogP contribution < -0.4 is 16.6 Å². The quantitative estimate of drug-likeness (QED) is 0.438. The number of non-ortho nitro benzene ring substituents is 1. The van der Waals surface area contributed by atoms with Gasteiger partial charge in [0.2, 0.25) is 0 Å². The summed E-state index contributed by atoms with van der Waals surface area (Å²) in [5.74, 6) is 4.88. The topological polar surface area (TPSA) is 123 Å². The van der Waals surface area contributed by atoms with Crippen molar-refractivity contribution in [3.63, 3.8) is 0 Å². The maximum Gasteiger partial charge on any atom is 0.270 e. The molecule has 0 saturated carbocycles. The predicted octanol–water partition coefficient (Wildman–Crippen LogP) is 1.58. The van der Waals surface area contributed by atoms with Gasteiger partial charge in [0, 0.05) is 17.0 Å². The minimum Gasteiger partial charge on any atom is -0.347 e. The first kappa shape index (κ1) is 14.9. The van der Waals surface area contributed by atoms with Crippen LogP contribution in [0.15, 0.2) is 23.7 Å². The minimum absolute atomic E-state index is 0.119. The smallest absolute Gasteiger partial charge is 0.270 e. The number of nitro benzene ring substituents is 1. The summed E-state index contributed by atoms with van der Waals surface area (Å²) in [6, 6.07) is 3.86. The van der Waals surface area contributed by atoms with E-state index in [-0.39, 0.29) is 11.3 Å². The molecule has 1 amide bonds. The molecule has 8 nitrogen and oxygen atoms in total. The molecule has 0 aliphatic carbocycles.